The number of hydrogen-bond acceptors (Lipinski definition) is 3. The number of hydrogen-bond donors (Lipinski definition) is 0. The van der Waals surface area contributed by atoms with Gasteiger partial charge in [-0.2, -0.15) is 0 Å². The second-order valence-corrected chi connectivity index (χ2v) is 9.28. The van der Waals surface area contributed by atoms with Crippen LogP contribution in [-0.4, -0.2) is 9.97 Å². The van der Waals surface area contributed by atoms with Crippen molar-refractivity contribution in [2.45, 2.75) is 33.6 Å². The van der Waals surface area contributed by atoms with E-state index in [9.17, 15) is 0 Å². The molecule has 0 amide bonds. The number of aromatic nitrogens is 2. The van der Waals surface area contributed by atoms with Crippen LogP contribution in [-0.2, 0) is 20.1 Å². The van der Waals surface area contributed by atoms with Crippen molar-refractivity contribution in [1.29, 1.82) is 0 Å². The van der Waals surface area contributed by atoms with Crippen molar-refractivity contribution in [2.24, 2.45) is 0 Å². The molecule has 0 unspecified atom stereocenters. The van der Waals surface area contributed by atoms with E-state index in [1.807, 2.05) is 60.8 Å². The largest absolute Gasteiger partial charge is 0.501 e. The standard InChI is InChI=1S/C21H18NO.C12H10N.Ir/c1-13(2)15-9-11-18(22-12-15)16-10-8-14(3)20-17-6-4-5-7-19(17)23-21(16)20;1-10-5-4-6-11(9-10)12-7-2-3-8-13-12;/h4-9,11-13H,1-3H3;2-5,7-9H,1H3;/q2*-1;. The number of rotatable bonds is 3. The molecule has 0 aliphatic heterocycles. The number of benzene rings is 3. The van der Waals surface area contributed by atoms with Gasteiger partial charge in [0.05, 0.1) is 5.58 Å². The zero-order valence-electron chi connectivity index (χ0n) is 21.4. The molecule has 0 fully saturated rings. The molecule has 0 aliphatic carbocycles. The Morgan fingerprint density at radius 3 is 2.35 bits per heavy atom. The summed E-state index contributed by atoms with van der Waals surface area (Å²) in [6, 6.07) is 32.8. The van der Waals surface area contributed by atoms with Crippen molar-refractivity contribution in [3.63, 3.8) is 0 Å². The zero-order chi connectivity index (χ0) is 25.1. The van der Waals surface area contributed by atoms with E-state index in [1.165, 1.54) is 16.7 Å². The summed E-state index contributed by atoms with van der Waals surface area (Å²) in [6.07, 6.45) is 3.74. The molecule has 0 saturated carbocycles. The molecule has 187 valence electrons. The fourth-order valence-corrected chi connectivity index (χ4v) is 4.27. The monoisotopic (exact) mass is 661 g/mol. The summed E-state index contributed by atoms with van der Waals surface area (Å²) in [7, 11) is 0. The van der Waals surface area contributed by atoms with Crippen LogP contribution in [0, 0.1) is 26.0 Å². The average Bonchev–Trinajstić information content (AvgIpc) is 3.30. The molecule has 6 rings (SSSR count). The number of fused-ring (bicyclic) bond motifs is 3. The molecule has 1 radical (unpaired) electrons. The summed E-state index contributed by atoms with van der Waals surface area (Å²) in [4.78, 5) is 8.89. The van der Waals surface area contributed by atoms with Gasteiger partial charge in [-0.25, -0.2) is 0 Å². The maximum absolute atomic E-state index is 6.13. The van der Waals surface area contributed by atoms with Gasteiger partial charge in [-0.1, -0.05) is 81.1 Å². The van der Waals surface area contributed by atoms with E-state index in [2.05, 4.69) is 74.1 Å². The molecule has 3 aromatic carbocycles. The summed E-state index contributed by atoms with van der Waals surface area (Å²) in [5, 5.41) is 2.30. The van der Waals surface area contributed by atoms with Crippen LogP contribution in [0.5, 0.6) is 0 Å². The fourth-order valence-electron chi connectivity index (χ4n) is 4.27. The molecule has 0 saturated heterocycles. The first-order valence-electron chi connectivity index (χ1n) is 12.2. The molecule has 3 heterocycles. The minimum atomic E-state index is 0. The maximum Gasteiger partial charge on any atom is 0.120 e. The fraction of sp³-hybridized carbons (Fsp3) is 0.152. The third-order valence-corrected chi connectivity index (χ3v) is 6.26. The van der Waals surface area contributed by atoms with Crippen LogP contribution in [0.15, 0.2) is 95.7 Å². The minimum absolute atomic E-state index is 0. The molecule has 37 heavy (non-hydrogen) atoms. The molecule has 3 nitrogen and oxygen atoms in total. The van der Waals surface area contributed by atoms with E-state index < -0.39 is 0 Å². The smallest absolute Gasteiger partial charge is 0.120 e. The van der Waals surface area contributed by atoms with E-state index in [0.29, 0.717) is 5.92 Å². The number of pyridine rings is 2. The quantitative estimate of drug-likeness (QED) is 0.178. The summed E-state index contributed by atoms with van der Waals surface area (Å²) in [6.45, 7) is 8.51. The third kappa shape index (κ3) is 5.72. The van der Waals surface area contributed by atoms with Crippen molar-refractivity contribution in [2.75, 3.05) is 0 Å². The first-order valence-corrected chi connectivity index (χ1v) is 12.2. The van der Waals surface area contributed by atoms with Gasteiger partial charge in [0.15, 0.2) is 0 Å². The topological polar surface area (TPSA) is 38.9 Å². The molecule has 0 bridgehead atoms. The summed E-state index contributed by atoms with van der Waals surface area (Å²) in [5.74, 6) is 0.477. The molecule has 3 aromatic heterocycles. The molecule has 0 spiro atoms. The Bertz CT molecular complexity index is 1620. The molecule has 4 heteroatoms. The Labute approximate surface area is 232 Å². The van der Waals surface area contributed by atoms with Crippen molar-refractivity contribution < 1.29 is 24.5 Å². The third-order valence-electron chi connectivity index (χ3n) is 6.26. The van der Waals surface area contributed by atoms with E-state index >= 15 is 0 Å². The van der Waals surface area contributed by atoms with Gasteiger partial charge in [-0.05, 0) is 35.0 Å². The van der Waals surface area contributed by atoms with Crippen molar-refractivity contribution in [3.05, 3.63) is 120 Å². The number of furan rings is 1. The van der Waals surface area contributed by atoms with Crippen molar-refractivity contribution in [3.8, 4) is 22.5 Å². The Hall–Kier alpha value is -3.59. The Morgan fingerprint density at radius 2 is 1.65 bits per heavy atom. The average molecular weight is 661 g/mol. The predicted molar refractivity (Wildman–Crippen MR) is 148 cm³/mol. The van der Waals surface area contributed by atoms with Gasteiger partial charge in [0, 0.05) is 37.9 Å². The van der Waals surface area contributed by atoms with Crippen LogP contribution in [0.2, 0.25) is 0 Å². The van der Waals surface area contributed by atoms with E-state index in [4.69, 9.17) is 4.42 Å². The van der Waals surface area contributed by atoms with Crippen LogP contribution in [0.3, 0.4) is 0 Å². The molecular weight excluding hydrogens is 633 g/mol. The van der Waals surface area contributed by atoms with E-state index in [-0.39, 0.29) is 20.1 Å². The van der Waals surface area contributed by atoms with Gasteiger partial charge >= 0.3 is 0 Å². The van der Waals surface area contributed by atoms with E-state index in [1.54, 1.807) is 6.20 Å². The first kappa shape index (κ1) is 26.5. The molecule has 0 atom stereocenters. The van der Waals surface area contributed by atoms with Gasteiger partial charge in [0.1, 0.15) is 5.58 Å². The van der Waals surface area contributed by atoms with Gasteiger partial charge in [-0.15, -0.1) is 53.1 Å². The predicted octanol–water partition coefficient (Wildman–Crippen LogP) is 8.73. The molecular formula is C33H28IrN2O-2. The Kier molecular flexibility index (Phi) is 8.33. The van der Waals surface area contributed by atoms with Crippen molar-refractivity contribution >= 4 is 21.9 Å². The normalized spacial score (nSPS) is 10.7. The first-order chi connectivity index (χ1) is 17.5. The second-order valence-electron chi connectivity index (χ2n) is 9.28. The number of aryl methyl sites for hydroxylation is 2. The molecule has 6 aromatic rings. The van der Waals surface area contributed by atoms with Crippen LogP contribution in [0.25, 0.3) is 44.5 Å². The van der Waals surface area contributed by atoms with Gasteiger partial charge in [0.25, 0.3) is 0 Å². The van der Waals surface area contributed by atoms with Crippen LogP contribution in [0.1, 0.15) is 36.5 Å². The molecule has 0 aliphatic rings. The summed E-state index contributed by atoms with van der Waals surface area (Å²) >= 11 is 0. The number of para-hydroxylation sites is 1. The minimum Gasteiger partial charge on any atom is -0.501 e. The maximum atomic E-state index is 6.13. The van der Waals surface area contributed by atoms with Crippen LogP contribution in [0.4, 0.5) is 0 Å². The summed E-state index contributed by atoms with van der Waals surface area (Å²) in [5.41, 5.74) is 9.29. The van der Waals surface area contributed by atoms with Gasteiger partial charge in [0.2, 0.25) is 0 Å². The Morgan fingerprint density at radius 1 is 0.838 bits per heavy atom. The van der Waals surface area contributed by atoms with Gasteiger partial charge < -0.3 is 14.4 Å². The van der Waals surface area contributed by atoms with Gasteiger partial charge in [-0.3, -0.25) is 0 Å². The summed E-state index contributed by atoms with van der Waals surface area (Å²) < 4.78 is 6.13. The zero-order valence-corrected chi connectivity index (χ0v) is 23.8. The SMILES string of the molecule is Cc1c[c-]c(-c2ccc(C(C)C)cn2)c2oc3ccccc3c12.Cc1cc[c-]c(-c2ccccn2)c1.[Ir]. The van der Waals surface area contributed by atoms with Crippen LogP contribution < -0.4 is 0 Å². The van der Waals surface area contributed by atoms with E-state index in [0.717, 1.165) is 44.5 Å². The van der Waals surface area contributed by atoms with Crippen molar-refractivity contribution in [1.82, 2.24) is 9.97 Å². The molecule has 0 N–H and O–H groups in total. The number of nitrogens with zero attached hydrogens (tertiary/aromatic N) is 2. The Balaban J connectivity index is 0.000000195. The van der Waals surface area contributed by atoms with Crippen LogP contribution >= 0.6 is 0 Å². The second kappa shape index (κ2) is 11.6.